The maximum Gasteiger partial charge on any atom is 0.199 e. The first-order valence-electron chi connectivity index (χ1n) is 5.50. The maximum absolute atomic E-state index is 5.34. The maximum atomic E-state index is 5.34. The number of imidazole rings is 1. The van der Waals surface area contributed by atoms with E-state index in [0.717, 1.165) is 36.6 Å². The molecule has 0 aliphatic rings. The summed E-state index contributed by atoms with van der Waals surface area (Å²) >= 11 is 0. The average molecular weight is 219 g/mol. The number of hydrogen-bond acceptors (Lipinski definition) is 3. The van der Waals surface area contributed by atoms with Crippen molar-refractivity contribution in [2.45, 2.75) is 12.8 Å². The molecule has 2 aromatic rings. The molecule has 2 rings (SSSR count). The molecule has 4 heteroatoms. The summed E-state index contributed by atoms with van der Waals surface area (Å²) in [6, 6.07) is 5.97. The minimum Gasteiger partial charge on any atom is -0.482 e. The van der Waals surface area contributed by atoms with Gasteiger partial charge in [-0.25, -0.2) is 4.98 Å². The molecule has 0 aromatic carbocycles. The van der Waals surface area contributed by atoms with Gasteiger partial charge in [-0.05, 0) is 32.1 Å². The van der Waals surface area contributed by atoms with Crippen LogP contribution in [0.25, 0.3) is 5.52 Å². The van der Waals surface area contributed by atoms with Crippen molar-refractivity contribution in [3.8, 4) is 5.88 Å². The van der Waals surface area contributed by atoms with Crippen molar-refractivity contribution in [1.82, 2.24) is 14.7 Å². The summed E-state index contributed by atoms with van der Waals surface area (Å²) in [5, 5.41) is 3.14. The molecule has 0 unspecified atom stereocenters. The minimum absolute atomic E-state index is 0.842. The first-order chi connectivity index (χ1) is 7.86. The third-order valence-electron chi connectivity index (χ3n) is 2.62. The Morgan fingerprint density at radius 2 is 2.31 bits per heavy atom. The predicted molar refractivity (Wildman–Crippen MR) is 64.0 cm³/mol. The summed E-state index contributed by atoms with van der Waals surface area (Å²) in [4.78, 5) is 4.43. The van der Waals surface area contributed by atoms with Gasteiger partial charge in [-0.2, -0.15) is 0 Å². The van der Waals surface area contributed by atoms with Gasteiger partial charge in [0.05, 0.1) is 18.8 Å². The fourth-order valence-electron chi connectivity index (χ4n) is 1.84. The number of nitrogens with one attached hydrogen (secondary N) is 1. The second-order valence-corrected chi connectivity index (χ2v) is 3.71. The first-order valence-corrected chi connectivity index (χ1v) is 5.50. The Kier molecular flexibility index (Phi) is 3.41. The molecule has 2 aromatic heterocycles. The van der Waals surface area contributed by atoms with Crippen LogP contribution in [0.2, 0.25) is 0 Å². The number of rotatable bonds is 5. The zero-order chi connectivity index (χ0) is 11.4. The Bertz CT molecular complexity index is 464. The molecule has 0 radical (unpaired) electrons. The van der Waals surface area contributed by atoms with E-state index in [-0.39, 0.29) is 0 Å². The van der Waals surface area contributed by atoms with Crippen LogP contribution in [-0.4, -0.2) is 30.1 Å². The number of ether oxygens (including phenoxy) is 1. The lowest BCUT2D eigenvalue weighted by Gasteiger charge is -2.07. The SMILES string of the molecule is CNCCCc1ncc2cccc(OC)n12. The Balaban J connectivity index is 2.30. The van der Waals surface area contributed by atoms with Crippen molar-refractivity contribution in [1.29, 1.82) is 0 Å². The Morgan fingerprint density at radius 1 is 1.44 bits per heavy atom. The van der Waals surface area contributed by atoms with Gasteiger partial charge >= 0.3 is 0 Å². The molecule has 4 nitrogen and oxygen atoms in total. The van der Waals surface area contributed by atoms with Gasteiger partial charge in [-0.1, -0.05) is 6.07 Å². The minimum atomic E-state index is 0.842. The number of hydrogen-bond donors (Lipinski definition) is 1. The lowest BCUT2D eigenvalue weighted by molar-refractivity contribution is 0.390. The molecule has 0 fully saturated rings. The van der Waals surface area contributed by atoms with Gasteiger partial charge < -0.3 is 10.1 Å². The second-order valence-electron chi connectivity index (χ2n) is 3.71. The molecule has 1 N–H and O–H groups in total. The molecular formula is C12H17N3O. The third kappa shape index (κ3) is 2.02. The number of aromatic nitrogens is 2. The Labute approximate surface area is 95.3 Å². The van der Waals surface area contributed by atoms with E-state index in [0.29, 0.717) is 0 Å². The van der Waals surface area contributed by atoms with E-state index in [1.54, 1.807) is 7.11 Å². The van der Waals surface area contributed by atoms with E-state index in [9.17, 15) is 0 Å². The van der Waals surface area contributed by atoms with Crippen LogP contribution in [0.4, 0.5) is 0 Å². The van der Waals surface area contributed by atoms with Crippen molar-refractivity contribution >= 4 is 5.52 Å². The van der Waals surface area contributed by atoms with E-state index in [4.69, 9.17) is 4.74 Å². The van der Waals surface area contributed by atoms with E-state index in [2.05, 4.69) is 14.7 Å². The van der Waals surface area contributed by atoms with Gasteiger partial charge in [-0.15, -0.1) is 0 Å². The van der Waals surface area contributed by atoms with Crippen LogP contribution < -0.4 is 10.1 Å². The highest BCUT2D eigenvalue weighted by Crippen LogP contribution is 2.17. The van der Waals surface area contributed by atoms with Crippen molar-refractivity contribution in [2.24, 2.45) is 0 Å². The lowest BCUT2D eigenvalue weighted by atomic mass is 10.3. The third-order valence-corrected chi connectivity index (χ3v) is 2.62. The van der Waals surface area contributed by atoms with E-state index < -0.39 is 0 Å². The molecule has 0 saturated carbocycles. The molecule has 2 heterocycles. The highest BCUT2D eigenvalue weighted by atomic mass is 16.5. The first kappa shape index (κ1) is 11.0. The molecular weight excluding hydrogens is 202 g/mol. The fraction of sp³-hybridized carbons (Fsp3) is 0.417. The van der Waals surface area contributed by atoms with Crippen molar-refractivity contribution in [2.75, 3.05) is 20.7 Å². The molecule has 0 aliphatic carbocycles. The Hall–Kier alpha value is -1.55. The summed E-state index contributed by atoms with van der Waals surface area (Å²) < 4.78 is 7.41. The van der Waals surface area contributed by atoms with Crippen LogP contribution in [-0.2, 0) is 6.42 Å². The Morgan fingerprint density at radius 3 is 3.06 bits per heavy atom. The van der Waals surface area contributed by atoms with Crippen LogP contribution in [0.15, 0.2) is 24.4 Å². The molecule has 0 aliphatic heterocycles. The van der Waals surface area contributed by atoms with E-state index in [1.807, 2.05) is 31.4 Å². The highest BCUT2D eigenvalue weighted by molar-refractivity contribution is 5.49. The number of fused-ring (bicyclic) bond motifs is 1. The van der Waals surface area contributed by atoms with Gasteiger partial charge in [-0.3, -0.25) is 4.40 Å². The topological polar surface area (TPSA) is 38.6 Å². The number of methoxy groups -OCH3 is 1. The van der Waals surface area contributed by atoms with Crippen LogP contribution in [0.1, 0.15) is 12.2 Å². The fourth-order valence-corrected chi connectivity index (χ4v) is 1.84. The van der Waals surface area contributed by atoms with Gasteiger partial charge in [0.15, 0.2) is 5.88 Å². The summed E-state index contributed by atoms with van der Waals surface area (Å²) in [6.07, 6.45) is 3.92. The molecule has 0 atom stereocenters. The molecule has 0 saturated heterocycles. The molecule has 0 spiro atoms. The van der Waals surface area contributed by atoms with Gasteiger partial charge in [0, 0.05) is 6.42 Å². The van der Waals surface area contributed by atoms with Gasteiger partial charge in [0.2, 0.25) is 0 Å². The average Bonchev–Trinajstić information content (AvgIpc) is 2.73. The lowest BCUT2D eigenvalue weighted by Crippen LogP contribution is -2.09. The van der Waals surface area contributed by atoms with Crippen LogP contribution in [0.5, 0.6) is 5.88 Å². The predicted octanol–water partition coefficient (Wildman–Crippen LogP) is 1.49. The quantitative estimate of drug-likeness (QED) is 0.774. The zero-order valence-electron chi connectivity index (χ0n) is 9.73. The van der Waals surface area contributed by atoms with Crippen molar-refractivity contribution < 1.29 is 4.74 Å². The van der Waals surface area contributed by atoms with Crippen molar-refractivity contribution in [3.05, 3.63) is 30.2 Å². The normalized spacial score (nSPS) is 10.9. The van der Waals surface area contributed by atoms with Crippen LogP contribution in [0.3, 0.4) is 0 Å². The van der Waals surface area contributed by atoms with Crippen LogP contribution >= 0.6 is 0 Å². The number of aryl methyl sites for hydroxylation is 1. The summed E-state index contributed by atoms with van der Waals surface area (Å²) in [7, 11) is 3.65. The van der Waals surface area contributed by atoms with E-state index >= 15 is 0 Å². The molecule has 0 bridgehead atoms. The standard InChI is InChI=1S/C12H17N3O/c1-13-8-4-6-11-14-9-10-5-3-7-12(16-2)15(10)11/h3,5,7,9,13H,4,6,8H2,1-2H3. The summed E-state index contributed by atoms with van der Waals surface area (Å²) in [5.74, 6) is 1.90. The summed E-state index contributed by atoms with van der Waals surface area (Å²) in [5.41, 5.74) is 1.08. The monoisotopic (exact) mass is 219 g/mol. The van der Waals surface area contributed by atoms with E-state index in [1.165, 1.54) is 0 Å². The van der Waals surface area contributed by atoms with Gasteiger partial charge in [0.25, 0.3) is 0 Å². The second kappa shape index (κ2) is 4.99. The molecule has 16 heavy (non-hydrogen) atoms. The van der Waals surface area contributed by atoms with Crippen LogP contribution in [0, 0.1) is 0 Å². The number of pyridine rings is 1. The highest BCUT2D eigenvalue weighted by Gasteiger charge is 2.06. The smallest absolute Gasteiger partial charge is 0.199 e. The molecule has 0 amide bonds. The molecule has 86 valence electrons. The summed E-state index contributed by atoms with van der Waals surface area (Å²) in [6.45, 7) is 1.00. The largest absolute Gasteiger partial charge is 0.482 e. The van der Waals surface area contributed by atoms with Gasteiger partial charge in [0.1, 0.15) is 5.82 Å². The zero-order valence-corrected chi connectivity index (χ0v) is 9.73. The number of nitrogens with zero attached hydrogens (tertiary/aromatic N) is 2. The van der Waals surface area contributed by atoms with Crippen molar-refractivity contribution in [3.63, 3.8) is 0 Å².